The van der Waals surface area contributed by atoms with Gasteiger partial charge in [0.05, 0.1) is 31.4 Å². The first-order valence-corrected chi connectivity index (χ1v) is 7.21. The van der Waals surface area contributed by atoms with Crippen LogP contribution in [0.1, 0.15) is 15.9 Å². The third-order valence-corrected chi connectivity index (χ3v) is 3.69. The molecule has 1 aliphatic rings. The van der Waals surface area contributed by atoms with Crippen LogP contribution in [0.4, 0.5) is 5.69 Å². The van der Waals surface area contributed by atoms with Crippen molar-refractivity contribution >= 4 is 23.5 Å². The molecule has 0 aliphatic carbocycles. The van der Waals surface area contributed by atoms with Gasteiger partial charge >= 0.3 is 11.9 Å². The zero-order chi connectivity index (χ0) is 17.9. The molecule has 0 spiro atoms. The molecule has 0 saturated heterocycles. The Morgan fingerprint density at radius 1 is 1.38 bits per heavy atom. The number of nitrogens with one attached hydrogen (secondary N) is 1. The molecule has 1 heterocycles. The number of carboxylic acid groups (broad SMARTS) is 1. The van der Waals surface area contributed by atoms with E-state index in [0.29, 0.717) is 11.3 Å². The maximum absolute atomic E-state index is 12.4. The number of nitrogens with zero attached hydrogens (tertiary/aromatic N) is 1. The summed E-state index contributed by atoms with van der Waals surface area (Å²) < 4.78 is 4.69. The highest BCUT2D eigenvalue weighted by molar-refractivity contribution is 6.08. The van der Waals surface area contributed by atoms with Crippen LogP contribution in [0.25, 0.3) is 0 Å². The molecule has 0 unspecified atom stereocenters. The van der Waals surface area contributed by atoms with Gasteiger partial charge in [0.25, 0.3) is 5.91 Å². The summed E-state index contributed by atoms with van der Waals surface area (Å²) in [6, 6.07) is 4.61. The Balaban J connectivity index is 2.37. The second kappa shape index (κ2) is 7.14. The number of aromatic carboxylic acids is 1. The molecule has 3 N–H and O–H groups in total. The molecule has 24 heavy (non-hydrogen) atoms. The fourth-order valence-corrected chi connectivity index (χ4v) is 2.42. The predicted octanol–water partition coefficient (Wildman–Crippen LogP) is 0.367. The molecular formula is C16H18N2O6. The highest BCUT2D eigenvalue weighted by atomic mass is 16.5. The Bertz CT molecular complexity index is 725. The van der Waals surface area contributed by atoms with Crippen LogP contribution in [0, 0.1) is 6.92 Å². The smallest absolute Gasteiger partial charge is 0.337 e. The SMILES string of the molecule is COC(=O)C1=C(Nc2ccc(C)c(C(=O)O)c2)C(=O)N(CCO)C1. The topological polar surface area (TPSA) is 116 Å². The summed E-state index contributed by atoms with van der Waals surface area (Å²) in [5.74, 6) is -2.20. The van der Waals surface area contributed by atoms with Gasteiger partial charge in [-0.25, -0.2) is 9.59 Å². The van der Waals surface area contributed by atoms with E-state index in [2.05, 4.69) is 10.1 Å². The second-order valence-corrected chi connectivity index (χ2v) is 5.26. The van der Waals surface area contributed by atoms with Crippen LogP contribution in [0.15, 0.2) is 29.5 Å². The van der Waals surface area contributed by atoms with Crippen molar-refractivity contribution in [2.24, 2.45) is 0 Å². The highest BCUT2D eigenvalue weighted by Crippen LogP contribution is 2.24. The van der Waals surface area contributed by atoms with Gasteiger partial charge in [-0.15, -0.1) is 0 Å². The molecule has 0 aromatic heterocycles. The minimum Gasteiger partial charge on any atom is -0.478 e. The number of rotatable bonds is 6. The quantitative estimate of drug-likeness (QED) is 0.643. The Hall–Kier alpha value is -2.87. The zero-order valence-corrected chi connectivity index (χ0v) is 13.3. The number of esters is 1. The van der Waals surface area contributed by atoms with E-state index in [1.807, 2.05) is 0 Å². The van der Waals surface area contributed by atoms with Crippen molar-refractivity contribution in [3.8, 4) is 0 Å². The van der Waals surface area contributed by atoms with E-state index < -0.39 is 17.8 Å². The maximum atomic E-state index is 12.4. The van der Waals surface area contributed by atoms with Gasteiger partial charge in [0, 0.05) is 12.2 Å². The first-order valence-electron chi connectivity index (χ1n) is 7.21. The number of carbonyl (C=O) groups is 3. The number of ether oxygens (including phenoxy) is 1. The number of anilines is 1. The molecule has 0 atom stereocenters. The average molecular weight is 334 g/mol. The van der Waals surface area contributed by atoms with Gasteiger partial charge in [-0.05, 0) is 24.6 Å². The molecule has 1 aromatic rings. The number of β-amino-alcohol motifs (C(OH)–C–C–N with tert-alkyl or cyclic N) is 1. The molecule has 0 saturated carbocycles. The summed E-state index contributed by atoms with van der Waals surface area (Å²) in [6.45, 7) is 1.53. The molecular weight excluding hydrogens is 316 g/mol. The average Bonchev–Trinajstić information content (AvgIpc) is 2.85. The van der Waals surface area contributed by atoms with Crippen LogP contribution in [0.5, 0.6) is 0 Å². The Labute approximate surface area is 138 Å². The van der Waals surface area contributed by atoms with E-state index in [4.69, 9.17) is 5.11 Å². The van der Waals surface area contributed by atoms with Crippen molar-refractivity contribution in [1.82, 2.24) is 4.90 Å². The fraction of sp³-hybridized carbons (Fsp3) is 0.312. The largest absolute Gasteiger partial charge is 0.478 e. The number of hydrogen-bond donors (Lipinski definition) is 3. The van der Waals surface area contributed by atoms with E-state index in [-0.39, 0.29) is 36.5 Å². The molecule has 0 fully saturated rings. The lowest BCUT2D eigenvalue weighted by molar-refractivity contribution is -0.136. The predicted molar refractivity (Wildman–Crippen MR) is 84.5 cm³/mol. The van der Waals surface area contributed by atoms with Crippen LogP contribution in [-0.4, -0.2) is 59.8 Å². The van der Waals surface area contributed by atoms with E-state index >= 15 is 0 Å². The van der Waals surface area contributed by atoms with Gasteiger partial charge in [-0.3, -0.25) is 4.79 Å². The van der Waals surface area contributed by atoms with Gasteiger partial charge in [-0.2, -0.15) is 0 Å². The number of aryl methyl sites for hydroxylation is 1. The summed E-state index contributed by atoms with van der Waals surface area (Å²) in [7, 11) is 1.21. The molecule has 1 aliphatic heterocycles. The molecule has 1 aromatic carbocycles. The molecule has 8 nitrogen and oxygen atoms in total. The molecule has 2 rings (SSSR count). The first kappa shape index (κ1) is 17.5. The number of benzene rings is 1. The molecule has 8 heteroatoms. The second-order valence-electron chi connectivity index (χ2n) is 5.26. The number of aliphatic hydroxyl groups is 1. The monoisotopic (exact) mass is 334 g/mol. The van der Waals surface area contributed by atoms with Crippen molar-refractivity contribution in [3.05, 3.63) is 40.6 Å². The van der Waals surface area contributed by atoms with E-state index in [1.165, 1.54) is 18.1 Å². The van der Waals surface area contributed by atoms with Crippen LogP contribution in [0.3, 0.4) is 0 Å². The number of hydrogen-bond acceptors (Lipinski definition) is 6. The summed E-state index contributed by atoms with van der Waals surface area (Å²) in [5.41, 5.74) is 1.20. The Morgan fingerprint density at radius 3 is 2.67 bits per heavy atom. The van der Waals surface area contributed by atoms with E-state index in [0.717, 1.165) is 0 Å². The minimum absolute atomic E-state index is 0.0199. The Morgan fingerprint density at radius 2 is 2.08 bits per heavy atom. The number of methoxy groups -OCH3 is 1. The number of aliphatic hydroxyl groups excluding tert-OH is 1. The number of carboxylic acids is 1. The van der Waals surface area contributed by atoms with Crippen molar-refractivity contribution in [1.29, 1.82) is 0 Å². The number of amides is 1. The summed E-state index contributed by atoms with van der Waals surface area (Å²) in [4.78, 5) is 36.8. The van der Waals surface area contributed by atoms with Gasteiger partial charge in [0.2, 0.25) is 0 Å². The fourth-order valence-electron chi connectivity index (χ4n) is 2.42. The van der Waals surface area contributed by atoms with Crippen molar-refractivity contribution in [3.63, 3.8) is 0 Å². The first-order chi connectivity index (χ1) is 11.4. The zero-order valence-electron chi connectivity index (χ0n) is 13.3. The lowest BCUT2D eigenvalue weighted by Gasteiger charge is -2.15. The maximum Gasteiger partial charge on any atom is 0.337 e. The third kappa shape index (κ3) is 3.38. The van der Waals surface area contributed by atoms with Crippen molar-refractivity contribution in [2.75, 3.05) is 32.1 Å². The standard InChI is InChI=1S/C16H18N2O6/c1-9-3-4-10(7-11(9)15(21)22)17-13-12(16(23)24-2)8-18(5-6-19)14(13)20/h3-4,7,17,19H,5-6,8H2,1-2H3,(H,21,22). The lowest BCUT2D eigenvalue weighted by atomic mass is 10.1. The van der Waals surface area contributed by atoms with Crippen LogP contribution >= 0.6 is 0 Å². The highest BCUT2D eigenvalue weighted by Gasteiger charge is 2.34. The van der Waals surface area contributed by atoms with Crippen LogP contribution < -0.4 is 5.32 Å². The van der Waals surface area contributed by atoms with Gasteiger partial charge < -0.3 is 25.2 Å². The van der Waals surface area contributed by atoms with Gasteiger partial charge in [-0.1, -0.05) is 6.07 Å². The third-order valence-electron chi connectivity index (χ3n) is 3.69. The molecule has 0 bridgehead atoms. The molecule has 1 amide bonds. The molecule has 0 radical (unpaired) electrons. The van der Waals surface area contributed by atoms with Crippen molar-refractivity contribution in [2.45, 2.75) is 6.92 Å². The van der Waals surface area contributed by atoms with E-state index in [1.54, 1.807) is 19.1 Å². The molecule has 128 valence electrons. The van der Waals surface area contributed by atoms with Crippen molar-refractivity contribution < 1.29 is 29.3 Å². The van der Waals surface area contributed by atoms with Gasteiger partial charge in [0.15, 0.2) is 0 Å². The summed E-state index contributed by atoms with van der Waals surface area (Å²) in [6.07, 6.45) is 0. The van der Waals surface area contributed by atoms with Crippen LogP contribution in [-0.2, 0) is 14.3 Å². The minimum atomic E-state index is -1.09. The van der Waals surface area contributed by atoms with E-state index in [9.17, 15) is 19.5 Å². The summed E-state index contributed by atoms with van der Waals surface area (Å²) in [5, 5.41) is 21.0. The number of carbonyl (C=O) groups excluding carboxylic acids is 2. The summed E-state index contributed by atoms with van der Waals surface area (Å²) >= 11 is 0. The Kier molecular flexibility index (Phi) is 5.20. The van der Waals surface area contributed by atoms with Gasteiger partial charge in [0.1, 0.15) is 5.70 Å². The lowest BCUT2D eigenvalue weighted by Crippen LogP contribution is -2.31. The van der Waals surface area contributed by atoms with Crippen LogP contribution in [0.2, 0.25) is 0 Å². The normalized spacial score (nSPS) is 14.1.